The molecule has 13 nitrogen and oxygen atoms in total. The molecule has 0 bridgehead atoms. The Labute approximate surface area is 293 Å². The highest BCUT2D eigenvalue weighted by molar-refractivity contribution is 7.86. The third kappa shape index (κ3) is 12.0. The summed E-state index contributed by atoms with van der Waals surface area (Å²) in [6.45, 7) is 5.96. The van der Waals surface area contributed by atoms with Crippen LogP contribution in [-0.2, 0) is 52.4 Å². The van der Waals surface area contributed by atoms with Crippen molar-refractivity contribution in [3.05, 3.63) is 105 Å². The van der Waals surface area contributed by atoms with Gasteiger partial charge in [0, 0.05) is 11.3 Å². The number of nitrogens with zero attached hydrogens (tertiary/aromatic N) is 4. The second-order valence-corrected chi connectivity index (χ2v) is 13.7. The highest BCUT2D eigenvalue weighted by Gasteiger charge is 2.41. The predicted octanol–water partition coefficient (Wildman–Crippen LogP) is 6.57. The van der Waals surface area contributed by atoms with Crippen LogP contribution in [0.15, 0.2) is 82.8 Å². The van der Waals surface area contributed by atoms with E-state index < -0.39 is 63.9 Å². The van der Waals surface area contributed by atoms with Gasteiger partial charge in [0.05, 0.1) is 17.6 Å². The highest BCUT2D eigenvalue weighted by atomic mass is 32.2. The minimum absolute atomic E-state index is 0.00399. The van der Waals surface area contributed by atoms with Gasteiger partial charge in [-0.25, -0.2) is 14.5 Å². The Morgan fingerprint density at radius 1 is 0.882 bits per heavy atom. The van der Waals surface area contributed by atoms with E-state index >= 15 is 0 Å². The lowest BCUT2D eigenvalue weighted by Crippen LogP contribution is -2.54. The van der Waals surface area contributed by atoms with E-state index in [-0.39, 0.29) is 30.1 Å². The van der Waals surface area contributed by atoms with Gasteiger partial charge in [0.25, 0.3) is 10.1 Å². The standard InChI is InChI=1S/C34H37F3N4O9S/c1-22-6-16-27(17-7-22)51(45,46)49-19-18-48-26-14-10-23(11-15-26)20-28(39-40-38)30(42)41(32(44)50-33(2,3)4)29(31(43)47-5)21-24-8-12-25(13-9-24)34(35,36)37/h6-17,28-29H,18-21H2,1-5H3/t28?,29-/m0/s1. The zero-order valence-corrected chi connectivity index (χ0v) is 29.2. The molecule has 0 aliphatic heterocycles. The number of halogens is 3. The first-order chi connectivity index (χ1) is 23.8. The summed E-state index contributed by atoms with van der Waals surface area (Å²) in [5.74, 6) is -1.89. The van der Waals surface area contributed by atoms with Gasteiger partial charge in [0.2, 0.25) is 5.91 Å². The molecular weight excluding hydrogens is 697 g/mol. The maximum Gasteiger partial charge on any atom is 0.417 e. The molecule has 0 saturated carbocycles. The lowest BCUT2D eigenvalue weighted by molar-refractivity contribution is -0.152. The first kappa shape index (κ1) is 40.3. The molecule has 3 aromatic rings. The second kappa shape index (κ2) is 17.2. The molecule has 0 N–H and O–H groups in total. The fraction of sp³-hybridized carbons (Fsp3) is 0.382. The predicted molar refractivity (Wildman–Crippen MR) is 177 cm³/mol. The molecule has 0 saturated heterocycles. The first-order valence-electron chi connectivity index (χ1n) is 15.4. The summed E-state index contributed by atoms with van der Waals surface area (Å²) in [6, 6.07) is 12.7. The maximum absolute atomic E-state index is 14.0. The van der Waals surface area contributed by atoms with Crippen molar-refractivity contribution >= 4 is 28.1 Å². The van der Waals surface area contributed by atoms with Crippen LogP contribution in [-0.4, -0.2) is 69.3 Å². The topological polar surface area (TPSA) is 174 Å². The fourth-order valence-corrected chi connectivity index (χ4v) is 5.47. The van der Waals surface area contributed by atoms with E-state index in [0.717, 1.165) is 36.9 Å². The van der Waals surface area contributed by atoms with Gasteiger partial charge in [-0.05, 0) is 87.2 Å². The number of methoxy groups -OCH3 is 1. The van der Waals surface area contributed by atoms with Crippen molar-refractivity contribution in [3.63, 3.8) is 0 Å². The summed E-state index contributed by atoms with van der Waals surface area (Å²) < 4.78 is 85.0. The molecule has 0 heterocycles. The number of imide groups is 1. The molecule has 0 aliphatic rings. The number of esters is 1. The molecule has 0 fully saturated rings. The van der Waals surface area contributed by atoms with E-state index in [1.165, 1.54) is 57.2 Å². The molecule has 0 aliphatic carbocycles. The molecule has 0 spiro atoms. The van der Waals surface area contributed by atoms with E-state index in [0.29, 0.717) is 16.2 Å². The number of rotatable bonds is 14. The number of carbonyl (C=O) groups excluding carboxylic acids is 3. The monoisotopic (exact) mass is 734 g/mol. The van der Waals surface area contributed by atoms with E-state index in [1.54, 1.807) is 12.1 Å². The molecule has 2 amide bonds. The number of amides is 2. The smallest absolute Gasteiger partial charge is 0.417 e. The summed E-state index contributed by atoms with van der Waals surface area (Å²) in [6.07, 6.45) is -6.59. The molecule has 2 atom stereocenters. The van der Waals surface area contributed by atoms with Gasteiger partial charge < -0.3 is 14.2 Å². The van der Waals surface area contributed by atoms with Gasteiger partial charge in [-0.3, -0.25) is 8.98 Å². The van der Waals surface area contributed by atoms with Gasteiger partial charge in [-0.2, -0.15) is 21.6 Å². The SMILES string of the molecule is COC(=O)[C@H](Cc1ccc(C(F)(F)F)cc1)N(C(=O)OC(C)(C)C)C(=O)C(Cc1ccc(OCCOS(=O)(=O)c2ccc(C)cc2)cc1)N=[N+]=[N-]. The number of aryl methyl sites for hydroxylation is 1. The number of ether oxygens (including phenoxy) is 3. The van der Waals surface area contributed by atoms with E-state index in [9.17, 15) is 41.5 Å². The van der Waals surface area contributed by atoms with Crippen molar-refractivity contribution in [2.45, 2.75) is 69.3 Å². The molecular formula is C34H37F3N4O9S. The summed E-state index contributed by atoms with van der Waals surface area (Å²) in [5.41, 5.74) is 8.70. The van der Waals surface area contributed by atoms with Crippen molar-refractivity contribution < 1.29 is 54.4 Å². The van der Waals surface area contributed by atoms with Crippen LogP contribution in [0.2, 0.25) is 0 Å². The largest absolute Gasteiger partial charge is 0.491 e. The van der Waals surface area contributed by atoms with E-state index in [1.807, 2.05) is 6.92 Å². The number of hydrogen-bond acceptors (Lipinski definition) is 10. The lowest BCUT2D eigenvalue weighted by Gasteiger charge is -2.32. The Hall–Kier alpha value is -5.12. The molecule has 3 rings (SSSR count). The Kier molecular flexibility index (Phi) is 13.6. The highest BCUT2D eigenvalue weighted by Crippen LogP contribution is 2.30. The normalized spacial score (nSPS) is 12.9. The third-order valence-electron chi connectivity index (χ3n) is 7.05. The zero-order chi connectivity index (χ0) is 38.0. The number of alkyl halides is 3. The van der Waals surface area contributed by atoms with Gasteiger partial charge in [-0.15, -0.1) is 0 Å². The first-order valence-corrected chi connectivity index (χ1v) is 16.8. The van der Waals surface area contributed by atoms with Gasteiger partial charge in [0.15, 0.2) is 0 Å². The summed E-state index contributed by atoms with van der Waals surface area (Å²) in [5, 5.41) is 3.57. The van der Waals surface area contributed by atoms with Crippen molar-refractivity contribution in [1.29, 1.82) is 0 Å². The van der Waals surface area contributed by atoms with E-state index in [2.05, 4.69) is 10.0 Å². The molecule has 274 valence electrons. The van der Waals surface area contributed by atoms with E-state index in [4.69, 9.17) is 18.4 Å². The molecule has 17 heteroatoms. The Bertz CT molecular complexity index is 1820. The average molecular weight is 735 g/mol. The minimum Gasteiger partial charge on any atom is -0.491 e. The summed E-state index contributed by atoms with van der Waals surface area (Å²) in [4.78, 5) is 43.6. The fourth-order valence-electron chi connectivity index (χ4n) is 4.57. The number of carbonyl (C=O) groups is 3. The Morgan fingerprint density at radius 3 is 1.98 bits per heavy atom. The maximum atomic E-state index is 14.0. The van der Waals surface area contributed by atoms with Crippen LogP contribution in [0.25, 0.3) is 10.4 Å². The third-order valence-corrected chi connectivity index (χ3v) is 8.38. The van der Waals surface area contributed by atoms with Gasteiger partial charge in [-0.1, -0.05) is 47.1 Å². The van der Waals surface area contributed by atoms with Gasteiger partial charge in [0.1, 0.15) is 36.6 Å². The van der Waals surface area contributed by atoms with Crippen LogP contribution >= 0.6 is 0 Å². The minimum atomic E-state index is -4.62. The van der Waals surface area contributed by atoms with Crippen molar-refractivity contribution in [2.75, 3.05) is 20.3 Å². The Morgan fingerprint density at radius 2 is 1.45 bits per heavy atom. The number of hydrogen-bond donors (Lipinski definition) is 0. The Balaban J connectivity index is 1.79. The van der Waals surface area contributed by atoms with Gasteiger partial charge >= 0.3 is 18.2 Å². The second-order valence-electron chi connectivity index (χ2n) is 12.1. The molecule has 0 radical (unpaired) electrons. The van der Waals surface area contributed by atoms with Crippen LogP contribution in [0.5, 0.6) is 5.75 Å². The quantitative estimate of drug-likeness (QED) is 0.0443. The van der Waals surface area contributed by atoms with Crippen LogP contribution in [0.1, 0.15) is 43.0 Å². The molecule has 0 aromatic heterocycles. The number of benzene rings is 3. The summed E-state index contributed by atoms with van der Waals surface area (Å²) in [7, 11) is -2.98. The molecule has 3 aromatic carbocycles. The summed E-state index contributed by atoms with van der Waals surface area (Å²) >= 11 is 0. The molecule has 51 heavy (non-hydrogen) atoms. The number of azide groups is 1. The van der Waals surface area contributed by atoms with Crippen LogP contribution in [0, 0.1) is 6.92 Å². The van der Waals surface area contributed by atoms with Crippen molar-refractivity contribution in [2.24, 2.45) is 5.11 Å². The lowest BCUT2D eigenvalue weighted by atomic mass is 10.0. The average Bonchev–Trinajstić information content (AvgIpc) is 3.05. The zero-order valence-electron chi connectivity index (χ0n) is 28.4. The van der Waals surface area contributed by atoms with Crippen molar-refractivity contribution in [3.8, 4) is 5.75 Å². The van der Waals surface area contributed by atoms with Crippen molar-refractivity contribution in [1.82, 2.24) is 4.90 Å². The van der Waals surface area contributed by atoms with Crippen LogP contribution < -0.4 is 4.74 Å². The van der Waals surface area contributed by atoms with Crippen LogP contribution in [0.4, 0.5) is 18.0 Å². The van der Waals surface area contributed by atoms with Crippen LogP contribution in [0.3, 0.4) is 0 Å². The molecule has 1 unspecified atom stereocenters.